The van der Waals surface area contributed by atoms with Gasteiger partial charge in [-0.2, -0.15) is 0 Å². The van der Waals surface area contributed by atoms with Crippen molar-refractivity contribution in [2.75, 3.05) is 11.4 Å². The van der Waals surface area contributed by atoms with Crippen LogP contribution in [-0.2, 0) is 17.6 Å². The molecule has 1 aliphatic heterocycles. The van der Waals surface area contributed by atoms with Gasteiger partial charge in [0.1, 0.15) is 0 Å². The minimum absolute atomic E-state index is 0.0938. The van der Waals surface area contributed by atoms with E-state index in [2.05, 4.69) is 0 Å². The van der Waals surface area contributed by atoms with Gasteiger partial charge in [-0.3, -0.25) is 4.79 Å². The molecule has 0 radical (unpaired) electrons. The van der Waals surface area contributed by atoms with E-state index >= 15 is 0 Å². The fraction of sp³-hybridized carbons (Fsp3) is 0.263. The van der Waals surface area contributed by atoms with Gasteiger partial charge in [-0.1, -0.05) is 30.3 Å². The first kappa shape index (κ1) is 16.2. The largest absolute Gasteiger partial charge is 0.479 e. The number of hydrogen-bond donors (Lipinski definition) is 1. The molecule has 24 heavy (non-hydrogen) atoms. The Morgan fingerprint density at radius 1 is 1.12 bits per heavy atom. The summed E-state index contributed by atoms with van der Waals surface area (Å²) in [6.45, 7) is 0.670. The van der Waals surface area contributed by atoms with Gasteiger partial charge < -0.3 is 10.0 Å². The number of aliphatic carboxylic acids is 1. The van der Waals surface area contributed by atoms with Crippen molar-refractivity contribution < 1.29 is 19.1 Å². The Balaban J connectivity index is 1.78. The van der Waals surface area contributed by atoms with Crippen LogP contribution < -0.4 is 4.90 Å². The van der Waals surface area contributed by atoms with Crippen molar-refractivity contribution >= 4 is 17.6 Å². The molecular weight excluding hydrogens is 309 g/mol. The first-order valence-electron chi connectivity index (χ1n) is 7.92. The van der Waals surface area contributed by atoms with Gasteiger partial charge in [-0.15, -0.1) is 0 Å². The number of carbonyl (C=O) groups excluding carboxylic acids is 1. The molecule has 1 atom stereocenters. The molecular formula is C19H18FNO3. The van der Waals surface area contributed by atoms with E-state index in [4.69, 9.17) is 5.11 Å². The van der Waals surface area contributed by atoms with Gasteiger partial charge in [0.15, 0.2) is 0 Å². The highest BCUT2D eigenvalue weighted by Gasteiger charge is 2.23. The summed E-state index contributed by atoms with van der Waals surface area (Å²) in [5.41, 5.74) is 3.17. The van der Waals surface area contributed by atoms with Crippen LogP contribution in [0.5, 0.6) is 0 Å². The summed E-state index contributed by atoms with van der Waals surface area (Å²) in [5, 5.41) is 8.61. The first-order valence-corrected chi connectivity index (χ1v) is 7.92. The molecule has 0 bridgehead atoms. The van der Waals surface area contributed by atoms with Crippen molar-refractivity contribution in [2.24, 2.45) is 0 Å². The van der Waals surface area contributed by atoms with Gasteiger partial charge in [-0.05, 0) is 42.2 Å². The molecule has 0 fully saturated rings. The number of benzene rings is 2. The summed E-state index contributed by atoms with van der Waals surface area (Å²) < 4.78 is 13.3. The molecule has 0 spiro atoms. The monoisotopic (exact) mass is 327 g/mol. The lowest BCUT2D eigenvalue weighted by Crippen LogP contribution is -2.35. The molecule has 2 aromatic carbocycles. The second-order valence-electron chi connectivity index (χ2n) is 5.90. The van der Waals surface area contributed by atoms with Crippen LogP contribution in [-0.4, -0.2) is 29.7 Å². The first-order chi connectivity index (χ1) is 11.6. The predicted octanol–water partition coefficient (Wildman–Crippen LogP) is 3.24. The fourth-order valence-corrected chi connectivity index (χ4v) is 2.98. The molecule has 124 valence electrons. The quantitative estimate of drug-likeness (QED) is 0.938. The third-order valence-corrected chi connectivity index (χ3v) is 4.24. The number of amides is 1. The zero-order valence-electron chi connectivity index (χ0n) is 13.1. The average molecular weight is 327 g/mol. The summed E-state index contributed by atoms with van der Waals surface area (Å²) in [6.07, 6.45) is -0.244. The number of hydrogen-bond acceptors (Lipinski definition) is 2. The second-order valence-corrected chi connectivity index (χ2v) is 5.90. The molecule has 4 nitrogen and oxygen atoms in total. The summed E-state index contributed by atoms with van der Waals surface area (Å²) in [4.78, 5) is 25.1. The van der Waals surface area contributed by atoms with Gasteiger partial charge in [0.25, 0.3) is 5.91 Å². The number of rotatable bonds is 4. The Morgan fingerprint density at radius 3 is 2.54 bits per heavy atom. The van der Waals surface area contributed by atoms with Crippen molar-refractivity contribution in [2.45, 2.75) is 25.4 Å². The van der Waals surface area contributed by atoms with Gasteiger partial charge in [-0.25, -0.2) is 9.18 Å². The zero-order valence-corrected chi connectivity index (χ0v) is 13.1. The van der Waals surface area contributed by atoms with Crippen LogP contribution in [0.4, 0.5) is 10.1 Å². The van der Waals surface area contributed by atoms with Crippen molar-refractivity contribution in [1.82, 2.24) is 0 Å². The number of carboxylic acids is 1. The predicted molar refractivity (Wildman–Crippen MR) is 89.1 cm³/mol. The number of para-hydroxylation sites is 1. The smallest absolute Gasteiger partial charge is 0.338 e. The van der Waals surface area contributed by atoms with Gasteiger partial charge in [0.05, 0.1) is 0 Å². The number of fused-ring (bicyclic) bond motifs is 1. The van der Waals surface area contributed by atoms with Crippen molar-refractivity contribution in [3.05, 3.63) is 65.2 Å². The Bertz CT molecular complexity index is 757. The Hall–Kier alpha value is -2.69. The van der Waals surface area contributed by atoms with Crippen LogP contribution in [0.25, 0.3) is 0 Å². The molecule has 0 saturated heterocycles. The van der Waals surface area contributed by atoms with Gasteiger partial charge in [0, 0.05) is 24.2 Å². The molecule has 1 amide bonds. The number of carboxylic acid groups (broad SMARTS) is 1. The van der Waals surface area contributed by atoms with Crippen LogP contribution in [0.1, 0.15) is 27.9 Å². The molecule has 1 N–H and O–H groups in total. The van der Waals surface area contributed by atoms with E-state index < -0.39 is 12.1 Å². The normalized spacial score (nSPS) is 14.8. The number of carbonyl (C=O) groups is 2. The van der Waals surface area contributed by atoms with Gasteiger partial charge >= 0.3 is 5.97 Å². The van der Waals surface area contributed by atoms with Gasteiger partial charge in [0.2, 0.25) is 6.17 Å². The van der Waals surface area contributed by atoms with E-state index in [1.807, 2.05) is 24.3 Å². The highest BCUT2D eigenvalue weighted by atomic mass is 19.1. The van der Waals surface area contributed by atoms with E-state index in [1.165, 1.54) is 0 Å². The number of anilines is 1. The Kier molecular flexibility index (Phi) is 4.60. The van der Waals surface area contributed by atoms with Crippen molar-refractivity contribution in [3.8, 4) is 0 Å². The number of halogens is 1. The third-order valence-electron chi connectivity index (χ3n) is 4.24. The lowest BCUT2D eigenvalue weighted by molar-refractivity contribution is -0.142. The molecule has 0 saturated carbocycles. The molecule has 0 aromatic heterocycles. The van der Waals surface area contributed by atoms with Crippen LogP contribution in [0.3, 0.4) is 0 Å². The summed E-state index contributed by atoms with van der Waals surface area (Å²) in [5.74, 6) is -1.57. The Morgan fingerprint density at radius 2 is 1.83 bits per heavy atom. The standard InChI is InChI=1S/C19H18FNO3/c20-16(19(23)24)12-13-7-9-15(10-8-13)18(22)21-11-3-5-14-4-1-2-6-17(14)21/h1-2,4,6-10,16H,3,5,11-12H2,(H,23,24). The Labute approximate surface area is 139 Å². The minimum atomic E-state index is -1.93. The van der Waals surface area contributed by atoms with Crippen LogP contribution >= 0.6 is 0 Å². The summed E-state index contributed by atoms with van der Waals surface area (Å²) >= 11 is 0. The van der Waals surface area contributed by atoms with Crippen molar-refractivity contribution in [1.29, 1.82) is 0 Å². The molecule has 5 heteroatoms. The van der Waals surface area contributed by atoms with Crippen LogP contribution in [0.2, 0.25) is 0 Å². The topological polar surface area (TPSA) is 57.6 Å². The van der Waals surface area contributed by atoms with E-state index in [1.54, 1.807) is 29.2 Å². The lowest BCUT2D eigenvalue weighted by Gasteiger charge is -2.29. The highest BCUT2D eigenvalue weighted by Crippen LogP contribution is 2.28. The van der Waals surface area contributed by atoms with E-state index in [-0.39, 0.29) is 12.3 Å². The summed E-state index contributed by atoms with van der Waals surface area (Å²) in [7, 11) is 0. The maximum atomic E-state index is 13.3. The minimum Gasteiger partial charge on any atom is -0.479 e. The maximum absolute atomic E-state index is 13.3. The molecule has 2 aromatic rings. The maximum Gasteiger partial charge on any atom is 0.338 e. The van der Waals surface area contributed by atoms with Crippen LogP contribution in [0.15, 0.2) is 48.5 Å². The molecule has 0 aliphatic carbocycles. The molecule has 1 unspecified atom stereocenters. The third kappa shape index (κ3) is 3.30. The molecule has 1 heterocycles. The molecule has 3 rings (SSSR count). The SMILES string of the molecule is O=C(O)C(F)Cc1ccc(C(=O)N2CCCc3ccccc32)cc1. The van der Waals surface area contributed by atoms with E-state index in [0.29, 0.717) is 17.7 Å². The average Bonchev–Trinajstić information content (AvgIpc) is 2.61. The summed E-state index contributed by atoms with van der Waals surface area (Å²) in [6, 6.07) is 14.3. The van der Waals surface area contributed by atoms with E-state index in [9.17, 15) is 14.0 Å². The molecule has 1 aliphatic rings. The highest BCUT2D eigenvalue weighted by molar-refractivity contribution is 6.06. The number of aryl methyl sites for hydroxylation is 1. The zero-order chi connectivity index (χ0) is 17.1. The lowest BCUT2D eigenvalue weighted by atomic mass is 10.00. The second kappa shape index (κ2) is 6.83. The van der Waals surface area contributed by atoms with Crippen molar-refractivity contribution in [3.63, 3.8) is 0 Å². The van der Waals surface area contributed by atoms with Crippen LogP contribution in [0, 0.1) is 0 Å². The number of nitrogens with zero attached hydrogens (tertiary/aromatic N) is 1. The fourth-order valence-electron chi connectivity index (χ4n) is 2.98. The van der Waals surface area contributed by atoms with E-state index in [0.717, 1.165) is 24.1 Å². The number of alkyl halides is 1.